The minimum Gasteiger partial charge on any atom is -0.481 e. The van der Waals surface area contributed by atoms with Gasteiger partial charge in [0.15, 0.2) is 0 Å². The number of aliphatic hydroxyl groups excluding tert-OH is 1. The van der Waals surface area contributed by atoms with Crippen molar-refractivity contribution in [1.29, 1.82) is 0 Å². The van der Waals surface area contributed by atoms with Gasteiger partial charge in [-0.2, -0.15) is 11.8 Å². The minimum absolute atomic E-state index is 0.259. The van der Waals surface area contributed by atoms with Crippen LogP contribution in [0, 0.1) is 11.8 Å². The first-order chi connectivity index (χ1) is 12.1. The third kappa shape index (κ3) is 7.18. The average Bonchev–Trinajstić information content (AvgIpc) is 2.55. The molecule has 2 saturated heterocycles. The van der Waals surface area contributed by atoms with E-state index in [0.717, 1.165) is 42.6 Å². The quantitative estimate of drug-likeness (QED) is 0.368. The van der Waals surface area contributed by atoms with E-state index in [4.69, 9.17) is 5.11 Å². The van der Waals surface area contributed by atoms with Crippen LogP contribution in [0.15, 0.2) is 24.3 Å². The van der Waals surface area contributed by atoms with Crippen molar-refractivity contribution in [2.45, 2.75) is 87.7 Å². The van der Waals surface area contributed by atoms with Crippen LogP contribution in [0.5, 0.6) is 0 Å². The number of hydrogen-bond donors (Lipinski definition) is 2. The van der Waals surface area contributed by atoms with Crippen molar-refractivity contribution in [2.75, 3.05) is 0 Å². The van der Waals surface area contributed by atoms with Gasteiger partial charge in [-0.3, -0.25) is 4.79 Å². The zero-order valence-corrected chi connectivity index (χ0v) is 16.3. The Hall–Kier alpha value is -0.740. The predicted octanol–water partition coefficient (Wildman–Crippen LogP) is 5.20. The highest BCUT2D eigenvalue weighted by atomic mass is 32.2. The number of hydrogen-bond acceptors (Lipinski definition) is 3. The molecule has 3 aliphatic rings. The molecule has 0 aromatic heterocycles. The Labute approximate surface area is 157 Å². The maximum absolute atomic E-state index is 10.5. The minimum atomic E-state index is -0.708. The monoisotopic (exact) mass is 366 g/mol. The molecule has 2 heterocycles. The second kappa shape index (κ2) is 11.1. The molecule has 3 rings (SSSR count). The van der Waals surface area contributed by atoms with E-state index in [9.17, 15) is 9.90 Å². The van der Waals surface area contributed by atoms with Crippen LogP contribution in [0.25, 0.3) is 0 Å². The van der Waals surface area contributed by atoms with Crippen molar-refractivity contribution in [3.63, 3.8) is 0 Å². The molecule has 0 radical (unpaired) electrons. The van der Waals surface area contributed by atoms with Crippen LogP contribution in [0.3, 0.4) is 0 Å². The van der Waals surface area contributed by atoms with E-state index in [0.29, 0.717) is 11.8 Å². The highest BCUT2D eigenvalue weighted by molar-refractivity contribution is 8.01. The molecule has 1 unspecified atom stereocenters. The maximum Gasteiger partial charge on any atom is 0.303 e. The lowest BCUT2D eigenvalue weighted by molar-refractivity contribution is -0.137. The second-order valence-electron chi connectivity index (χ2n) is 7.54. The number of unbranched alkanes of at least 4 members (excludes halogenated alkanes) is 3. The van der Waals surface area contributed by atoms with Gasteiger partial charge in [-0.25, -0.2) is 0 Å². The normalized spacial score (nSPS) is 29.8. The van der Waals surface area contributed by atoms with Gasteiger partial charge in [-0.15, -0.1) is 0 Å². The standard InChI is InChI=1S/C21H34O3S/c1-2-3-6-9-17(22)13-12-16-14-18-15-20(25-18)19(16)10-7-4-5-8-11-21(23)24/h4,7,12-13,16-20,22H,2-3,5-6,8-11,14-15H2,1H3,(H,23,24)/b7-4+,13-12+/t16?,17-,18-,19+,20-/m0/s1. The number of carbonyl (C=O) groups is 1. The number of aliphatic carboxylic acids is 1. The van der Waals surface area contributed by atoms with Crippen LogP contribution in [0.2, 0.25) is 0 Å². The van der Waals surface area contributed by atoms with Gasteiger partial charge >= 0.3 is 5.97 Å². The van der Waals surface area contributed by atoms with Crippen LogP contribution in [-0.4, -0.2) is 32.8 Å². The molecule has 4 heteroatoms. The molecular formula is C21H34O3S. The number of carboxylic acids is 1. The molecule has 3 fully saturated rings. The van der Waals surface area contributed by atoms with Crippen LogP contribution in [0.1, 0.15) is 71.1 Å². The van der Waals surface area contributed by atoms with Gasteiger partial charge in [0.25, 0.3) is 0 Å². The number of carboxylic acid groups (broad SMARTS) is 1. The van der Waals surface area contributed by atoms with E-state index >= 15 is 0 Å². The van der Waals surface area contributed by atoms with E-state index in [-0.39, 0.29) is 12.5 Å². The van der Waals surface area contributed by atoms with E-state index in [2.05, 4.69) is 36.9 Å². The summed E-state index contributed by atoms with van der Waals surface area (Å²) in [5, 5.41) is 20.4. The van der Waals surface area contributed by atoms with Crippen molar-refractivity contribution < 1.29 is 15.0 Å². The second-order valence-corrected chi connectivity index (χ2v) is 9.08. The molecule has 3 nitrogen and oxygen atoms in total. The van der Waals surface area contributed by atoms with E-state index in [1.807, 2.05) is 6.08 Å². The SMILES string of the molecule is CCCCC[C@H](O)/C=C/C1C[C@H]2C[C@H](S2)[C@@H]1C/C=C/CCCC(=O)O. The van der Waals surface area contributed by atoms with Crippen molar-refractivity contribution in [3.05, 3.63) is 24.3 Å². The first-order valence-electron chi connectivity index (χ1n) is 9.98. The summed E-state index contributed by atoms with van der Waals surface area (Å²) in [6.07, 6.45) is 18.4. The Morgan fingerprint density at radius 1 is 1.24 bits per heavy atom. The molecule has 0 aromatic rings. The first-order valence-corrected chi connectivity index (χ1v) is 10.9. The average molecular weight is 367 g/mol. The summed E-state index contributed by atoms with van der Waals surface area (Å²) in [7, 11) is 0. The fourth-order valence-corrected chi connectivity index (χ4v) is 5.58. The fourth-order valence-electron chi connectivity index (χ4n) is 3.94. The molecule has 25 heavy (non-hydrogen) atoms. The summed E-state index contributed by atoms with van der Waals surface area (Å²) in [6, 6.07) is 0. The Kier molecular flexibility index (Phi) is 9.11. The van der Waals surface area contributed by atoms with E-state index in [1.54, 1.807) is 0 Å². The van der Waals surface area contributed by atoms with E-state index < -0.39 is 5.97 Å². The van der Waals surface area contributed by atoms with E-state index in [1.165, 1.54) is 25.7 Å². The van der Waals surface area contributed by atoms with Gasteiger partial charge in [0.05, 0.1) is 6.10 Å². The van der Waals surface area contributed by atoms with Crippen LogP contribution in [0.4, 0.5) is 0 Å². The van der Waals surface area contributed by atoms with Crippen molar-refractivity contribution in [1.82, 2.24) is 0 Å². The molecule has 2 bridgehead atoms. The number of allylic oxidation sites excluding steroid dienone is 3. The largest absolute Gasteiger partial charge is 0.481 e. The van der Waals surface area contributed by atoms with Gasteiger partial charge in [0, 0.05) is 16.9 Å². The zero-order chi connectivity index (χ0) is 18.1. The molecule has 2 aliphatic heterocycles. The van der Waals surface area contributed by atoms with Gasteiger partial charge in [-0.1, -0.05) is 50.5 Å². The number of thioether (sulfide) groups is 1. The molecule has 142 valence electrons. The maximum atomic E-state index is 10.5. The summed E-state index contributed by atoms with van der Waals surface area (Å²) < 4.78 is 0. The van der Waals surface area contributed by atoms with Crippen LogP contribution < -0.4 is 0 Å². The smallest absolute Gasteiger partial charge is 0.303 e. The molecule has 0 amide bonds. The third-order valence-electron chi connectivity index (χ3n) is 5.45. The predicted molar refractivity (Wildman–Crippen MR) is 106 cm³/mol. The Morgan fingerprint density at radius 2 is 2.04 bits per heavy atom. The van der Waals surface area contributed by atoms with Crippen LogP contribution in [-0.2, 0) is 4.79 Å². The van der Waals surface area contributed by atoms with Gasteiger partial charge < -0.3 is 10.2 Å². The highest BCUT2D eigenvalue weighted by Gasteiger charge is 2.44. The zero-order valence-electron chi connectivity index (χ0n) is 15.5. The molecule has 0 spiro atoms. The highest BCUT2D eigenvalue weighted by Crippen LogP contribution is 2.54. The lowest BCUT2D eigenvalue weighted by Crippen LogP contribution is -2.44. The molecular weight excluding hydrogens is 332 g/mol. The molecule has 2 N–H and O–H groups in total. The summed E-state index contributed by atoms with van der Waals surface area (Å²) in [4.78, 5) is 10.5. The summed E-state index contributed by atoms with van der Waals surface area (Å²) >= 11 is 2.14. The first kappa shape index (κ1) is 20.6. The summed E-state index contributed by atoms with van der Waals surface area (Å²) in [5.41, 5.74) is 0. The third-order valence-corrected chi connectivity index (χ3v) is 7.11. The Morgan fingerprint density at radius 3 is 2.76 bits per heavy atom. The number of fused-ring (bicyclic) bond motifs is 2. The fraction of sp³-hybridized carbons (Fsp3) is 0.762. The summed E-state index contributed by atoms with van der Waals surface area (Å²) in [5.74, 6) is 0.555. The Bertz CT molecular complexity index is 454. The summed E-state index contributed by atoms with van der Waals surface area (Å²) in [6.45, 7) is 2.19. The molecule has 0 aromatic carbocycles. The number of aliphatic hydroxyl groups is 1. The van der Waals surface area contributed by atoms with Crippen molar-refractivity contribution in [2.24, 2.45) is 11.8 Å². The van der Waals surface area contributed by atoms with Crippen LogP contribution >= 0.6 is 11.8 Å². The molecule has 1 aliphatic carbocycles. The molecule has 5 atom stereocenters. The topological polar surface area (TPSA) is 57.5 Å². The van der Waals surface area contributed by atoms with Gasteiger partial charge in [-0.05, 0) is 50.4 Å². The Balaban J connectivity index is 1.76. The lowest BCUT2D eigenvalue weighted by Gasteiger charge is -2.49. The molecule has 1 saturated carbocycles. The van der Waals surface area contributed by atoms with Gasteiger partial charge in [0.2, 0.25) is 0 Å². The van der Waals surface area contributed by atoms with Crippen molar-refractivity contribution in [3.8, 4) is 0 Å². The number of rotatable bonds is 12. The van der Waals surface area contributed by atoms with Crippen molar-refractivity contribution >= 4 is 17.7 Å². The lowest BCUT2D eigenvalue weighted by atomic mass is 9.75. The van der Waals surface area contributed by atoms with Gasteiger partial charge in [0.1, 0.15) is 0 Å².